The van der Waals surface area contributed by atoms with E-state index in [2.05, 4.69) is 5.32 Å². The Hall–Kier alpha value is -3.02. The van der Waals surface area contributed by atoms with Crippen molar-refractivity contribution in [2.75, 3.05) is 19.0 Å². The molecule has 0 aliphatic heterocycles. The van der Waals surface area contributed by atoms with E-state index in [1.54, 1.807) is 43.3 Å². The normalized spacial score (nSPS) is 11.3. The van der Waals surface area contributed by atoms with Crippen molar-refractivity contribution in [1.29, 1.82) is 0 Å². The standard InChI is InChI=1S/C19H21NO5/c1-13-7-9-16(10-8-13)25-14(2)19(22)24-12-18(21)20-15-5-4-6-17(11-15)23-3/h4-11,14H,12H2,1-3H3,(H,20,21). The van der Waals surface area contributed by atoms with Gasteiger partial charge in [0.2, 0.25) is 0 Å². The van der Waals surface area contributed by atoms with Crippen LogP contribution in [0.15, 0.2) is 48.5 Å². The zero-order valence-electron chi connectivity index (χ0n) is 14.4. The number of rotatable bonds is 7. The summed E-state index contributed by atoms with van der Waals surface area (Å²) >= 11 is 0. The van der Waals surface area contributed by atoms with Gasteiger partial charge in [0.05, 0.1) is 7.11 Å². The van der Waals surface area contributed by atoms with E-state index in [1.807, 2.05) is 19.1 Å². The Morgan fingerprint density at radius 1 is 1.08 bits per heavy atom. The van der Waals surface area contributed by atoms with Gasteiger partial charge in [-0.1, -0.05) is 23.8 Å². The van der Waals surface area contributed by atoms with Crippen LogP contribution in [-0.2, 0) is 14.3 Å². The minimum Gasteiger partial charge on any atom is -0.497 e. The third-order valence-electron chi connectivity index (χ3n) is 3.36. The number of hydrogen-bond donors (Lipinski definition) is 1. The number of carbonyl (C=O) groups excluding carboxylic acids is 2. The summed E-state index contributed by atoms with van der Waals surface area (Å²) in [6, 6.07) is 14.2. The van der Waals surface area contributed by atoms with Crippen LogP contribution in [0.5, 0.6) is 11.5 Å². The molecule has 1 atom stereocenters. The molecule has 0 saturated heterocycles. The molecule has 0 spiro atoms. The highest BCUT2D eigenvalue weighted by Crippen LogP contribution is 2.17. The van der Waals surface area contributed by atoms with E-state index in [0.717, 1.165) is 5.56 Å². The summed E-state index contributed by atoms with van der Waals surface area (Å²) in [4.78, 5) is 23.8. The van der Waals surface area contributed by atoms with Gasteiger partial charge in [-0.15, -0.1) is 0 Å². The highest BCUT2D eigenvalue weighted by atomic mass is 16.6. The predicted molar refractivity (Wildman–Crippen MR) is 93.9 cm³/mol. The molecule has 0 fully saturated rings. The average Bonchev–Trinajstić information content (AvgIpc) is 2.61. The lowest BCUT2D eigenvalue weighted by Gasteiger charge is -2.14. The van der Waals surface area contributed by atoms with Crippen LogP contribution in [0.4, 0.5) is 5.69 Å². The van der Waals surface area contributed by atoms with Crippen LogP contribution in [0.3, 0.4) is 0 Å². The fourth-order valence-corrected chi connectivity index (χ4v) is 2.02. The summed E-state index contributed by atoms with van der Waals surface area (Å²) in [6.07, 6.45) is -0.813. The van der Waals surface area contributed by atoms with Gasteiger partial charge in [0.25, 0.3) is 5.91 Å². The highest BCUT2D eigenvalue weighted by molar-refractivity contribution is 5.93. The molecule has 1 N–H and O–H groups in total. The lowest BCUT2D eigenvalue weighted by Crippen LogP contribution is -2.29. The first-order chi connectivity index (χ1) is 12.0. The summed E-state index contributed by atoms with van der Waals surface area (Å²) in [5.41, 5.74) is 1.65. The minimum absolute atomic E-state index is 0.391. The zero-order chi connectivity index (χ0) is 18.2. The van der Waals surface area contributed by atoms with Crippen LogP contribution in [-0.4, -0.2) is 31.7 Å². The van der Waals surface area contributed by atoms with Crippen molar-refractivity contribution >= 4 is 17.6 Å². The number of methoxy groups -OCH3 is 1. The second-order valence-corrected chi connectivity index (χ2v) is 5.46. The topological polar surface area (TPSA) is 73.9 Å². The van der Waals surface area contributed by atoms with Crippen LogP contribution in [0.1, 0.15) is 12.5 Å². The molecule has 0 aliphatic carbocycles. The van der Waals surface area contributed by atoms with Crippen molar-refractivity contribution in [3.8, 4) is 11.5 Å². The van der Waals surface area contributed by atoms with Crippen LogP contribution in [0.25, 0.3) is 0 Å². The van der Waals surface area contributed by atoms with Gasteiger partial charge in [-0.05, 0) is 38.1 Å². The maximum Gasteiger partial charge on any atom is 0.347 e. The molecule has 1 amide bonds. The molecule has 0 bridgehead atoms. The van der Waals surface area contributed by atoms with Gasteiger partial charge in [0, 0.05) is 11.8 Å². The molecule has 1 unspecified atom stereocenters. The molecule has 25 heavy (non-hydrogen) atoms. The van der Waals surface area contributed by atoms with Gasteiger partial charge in [0.1, 0.15) is 11.5 Å². The van der Waals surface area contributed by atoms with Gasteiger partial charge < -0.3 is 19.5 Å². The first kappa shape index (κ1) is 18.3. The first-order valence-electron chi connectivity index (χ1n) is 7.82. The molecule has 2 aromatic carbocycles. The van der Waals surface area contributed by atoms with E-state index >= 15 is 0 Å². The number of ether oxygens (including phenoxy) is 3. The lowest BCUT2D eigenvalue weighted by atomic mass is 10.2. The first-order valence-corrected chi connectivity index (χ1v) is 7.82. The van der Waals surface area contributed by atoms with Crippen molar-refractivity contribution < 1.29 is 23.8 Å². The molecule has 132 valence electrons. The zero-order valence-corrected chi connectivity index (χ0v) is 14.4. The summed E-state index contributed by atoms with van der Waals surface area (Å²) in [5, 5.41) is 2.63. The Kier molecular flexibility index (Phi) is 6.39. The van der Waals surface area contributed by atoms with E-state index in [0.29, 0.717) is 17.2 Å². The fraction of sp³-hybridized carbons (Fsp3) is 0.263. The molecule has 0 heterocycles. The molecule has 0 radical (unpaired) electrons. The number of esters is 1. The summed E-state index contributed by atoms with van der Waals surface area (Å²) in [7, 11) is 1.54. The van der Waals surface area contributed by atoms with Gasteiger partial charge in [-0.3, -0.25) is 4.79 Å². The Morgan fingerprint density at radius 2 is 1.80 bits per heavy atom. The summed E-state index contributed by atoms with van der Waals surface area (Å²) in [5.74, 6) is 0.135. The van der Waals surface area contributed by atoms with Gasteiger partial charge >= 0.3 is 5.97 Å². The van der Waals surface area contributed by atoms with E-state index in [4.69, 9.17) is 14.2 Å². The number of aryl methyl sites for hydroxylation is 1. The van der Waals surface area contributed by atoms with Crippen molar-refractivity contribution in [1.82, 2.24) is 0 Å². The molecule has 6 nitrogen and oxygen atoms in total. The SMILES string of the molecule is COc1cccc(NC(=O)COC(=O)C(C)Oc2ccc(C)cc2)c1. The smallest absolute Gasteiger partial charge is 0.347 e. The fourth-order valence-electron chi connectivity index (χ4n) is 2.02. The monoisotopic (exact) mass is 343 g/mol. The van der Waals surface area contributed by atoms with Gasteiger partial charge in [0.15, 0.2) is 12.7 Å². The molecule has 0 aromatic heterocycles. The maximum atomic E-state index is 11.9. The van der Waals surface area contributed by atoms with Crippen molar-refractivity contribution in [2.45, 2.75) is 20.0 Å². The number of hydrogen-bond acceptors (Lipinski definition) is 5. The second-order valence-electron chi connectivity index (χ2n) is 5.46. The number of carbonyl (C=O) groups is 2. The summed E-state index contributed by atoms with van der Waals surface area (Å²) < 4.78 is 15.5. The van der Waals surface area contributed by atoms with E-state index in [9.17, 15) is 9.59 Å². The Labute approximate surface area is 146 Å². The van der Waals surface area contributed by atoms with Crippen LogP contribution >= 0.6 is 0 Å². The molecule has 6 heteroatoms. The van der Waals surface area contributed by atoms with E-state index in [-0.39, 0.29) is 0 Å². The average molecular weight is 343 g/mol. The van der Waals surface area contributed by atoms with E-state index < -0.39 is 24.6 Å². The van der Waals surface area contributed by atoms with Crippen LogP contribution in [0, 0.1) is 6.92 Å². The second kappa shape index (κ2) is 8.73. The molecule has 0 saturated carbocycles. The van der Waals surface area contributed by atoms with E-state index in [1.165, 1.54) is 7.11 Å². The van der Waals surface area contributed by atoms with Crippen molar-refractivity contribution in [3.05, 3.63) is 54.1 Å². The molecule has 0 aliphatic rings. The molecular formula is C19H21NO5. The highest BCUT2D eigenvalue weighted by Gasteiger charge is 2.18. The van der Waals surface area contributed by atoms with Crippen LogP contribution < -0.4 is 14.8 Å². The number of anilines is 1. The molecular weight excluding hydrogens is 322 g/mol. The third kappa shape index (κ3) is 5.84. The quantitative estimate of drug-likeness (QED) is 0.783. The Bertz CT molecular complexity index is 727. The Morgan fingerprint density at radius 3 is 2.48 bits per heavy atom. The maximum absolute atomic E-state index is 11.9. The third-order valence-corrected chi connectivity index (χ3v) is 3.36. The number of benzene rings is 2. The van der Waals surface area contributed by atoms with Gasteiger partial charge in [-0.25, -0.2) is 4.79 Å². The predicted octanol–water partition coefficient (Wildman–Crippen LogP) is 2.95. The largest absolute Gasteiger partial charge is 0.497 e. The Balaban J connectivity index is 1.79. The van der Waals surface area contributed by atoms with Crippen molar-refractivity contribution in [3.63, 3.8) is 0 Å². The minimum atomic E-state index is -0.813. The molecule has 2 aromatic rings. The number of nitrogens with one attached hydrogen (secondary N) is 1. The molecule has 2 rings (SSSR count). The van der Waals surface area contributed by atoms with Gasteiger partial charge in [-0.2, -0.15) is 0 Å². The van der Waals surface area contributed by atoms with Crippen molar-refractivity contribution in [2.24, 2.45) is 0 Å². The number of amides is 1. The van der Waals surface area contributed by atoms with Crippen LogP contribution in [0.2, 0.25) is 0 Å². The summed E-state index contributed by atoms with van der Waals surface area (Å²) in [6.45, 7) is 3.14. The lowest BCUT2D eigenvalue weighted by molar-refractivity contribution is -0.153.